The summed E-state index contributed by atoms with van der Waals surface area (Å²) in [6.45, 7) is -0.196. The number of anilines is 1. The first kappa shape index (κ1) is 12.3. The first-order valence-corrected chi connectivity index (χ1v) is 5.92. The van der Waals surface area contributed by atoms with Crippen LogP contribution in [0.5, 0.6) is 0 Å². The van der Waals surface area contributed by atoms with Crippen LogP contribution in [0.15, 0.2) is 17.8 Å². The molecule has 0 saturated heterocycles. The lowest BCUT2D eigenvalue weighted by Gasteiger charge is -2.00. The molecule has 92 valence electrons. The Morgan fingerprint density at radius 3 is 3.17 bits per heavy atom. The number of nitrogens with one attached hydrogen (secondary N) is 1. The zero-order valence-corrected chi connectivity index (χ0v) is 10.4. The zero-order chi connectivity index (χ0) is 13.0. The summed E-state index contributed by atoms with van der Waals surface area (Å²) in [6.07, 6.45) is 1.36. The molecule has 0 spiro atoms. The maximum Gasteiger partial charge on any atom is 0.258 e. The average Bonchev–Trinajstić information content (AvgIpc) is 2.97. The van der Waals surface area contributed by atoms with Crippen molar-refractivity contribution in [3.8, 4) is 11.8 Å². The van der Waals surface area contributed by atoms with Crippen LogP contribution in [-0.4, -0.2) is 32.4 Å². The van der Waals surface area contributed by atoms with Crippen LogP contribution in [0.1, 0.15) is 15.2 Å². The van der Waals surface area contributed by atoms with E-state index in [-0.39, 0.29) is 12.5 Å². The third-order valence-corrected chi connectivity index (χ3v) is 2.93. The van der Waals surface area contributed by atoms with Gasteiger partial charge in [0, 0.05) is 12.4 Å². The normalized spacial score (nSPS) is 9.67. The minimum absolute atomic E-state index is 0.196. The molecule has 2 aromatic heterocycles. The van der Waals surface area contributed by atoms with Crippen molar-refractivity contribution in [1.82, 2.24) is 14.8 Å². The van der Waals surface area contributed by atoms with E-state index in [1.54, 1.807) is 18.5 Å². The smallest absolute Gasteiger partial charge is 0.258 e. The third-order valence-electron chi connectivity index (χ3n) is 2.09. The number of rotatable bonds is 2. The van der Waals surface area contributed by atoms with Gasteiger partial charge in [-0.15, -0.1) is 11.3 Å². The molecule has 2 rings (SSSR count). The van der Waals surface area contributed by atoms with Gasteiger partial charge in [-0.05, 0) is 6.07 Å². The molecule has 0 unspecified atom stereocenters. The highest BCUT2D eigenvalue weighted by Gasteiger charge is 2.10. The van der Waals surface area contributed by atoms with Gasteiger partial charge in [-0.25, -0.2) is 4.68 Å². The Balaban J connectivity index is 2.10. The van der Waals surface area contributed by atoms with Gasteiger partial charge in [0.15, 0.2) is 0 Å². The van der Waals surface area contributed by atoms with Crippen molar-refractivity contribution in [1.29, 1.82) is 0 Å². The second-order valence-electron chi connectivity index (χ2n) is 3.32. The fourth-order valence-electron chi connectivity index (χ4n) is 1.23. The Hall–Kier alpha value is -2.17. The van der Waals surface area contributed by atoms with Gasteiger partial charge in [-0.3, -0.25) is 10.1 Å². The van der Waals surface area contributed by atoms with E-state index >= 15 is 0 Å². The predicted molar refractivity (Wildman–Crippen MR) is 67.2 cm³/mol. The highest BCUT2D eigenvalue weighted by molar-refractivity contribution is 7.10. The van der Waals surface area contributed by atoms with Crippen molar-refractivity contribution in [2.45, 2.75) is 0 Å². The molecule has 2 aromatic rings. The van der Waals surface area contributed by atoms with Crippen molar-refractivity contribution in [3.05, 3.63) is 28.2 Å². The molecule has 7 heteroatoms. The number of aromatic nitrogens is 3. The van der Waals surface area contributed by atoms with Gasteiger partial charge in [0.1, 0.15) is 12.9 Å². The lowest BCUT2D eigenvalue weighted by Crippen LogP contribution is -2.14. The molecule has 0 atom stereocenters. The molecule has 0 aliphatic carbocycles. The van der Waals surface area contributed by atoms with Crippen LogP contribution in [0.2, 0.25) is 0 Å². The van der Waals surface area contributed by atoms with Gasteiger partial charge in [0.05, 0.1) is 10.4 Å². The Labute approximate surface area is 107 Å². The van der Waals surface area contributed by atoms with Gasteiger partial charge in [0.25, 0.3) is 5.91 Å². The molecule has 18 heavy (non-hydrogen) atoms. The summed E-state index contributed by atoms with van der Waals surface area (Å²) in [5.74, 6) is 5.39. The van der Waals surface area contributed by atoms with Gasteiger partial charge < -0.3 is 5.11 Å². The highest BCUT2D eigenvalue weighted by Crippen LogP contribution is 2.14. The Morgan fingerprint density at radius 2 is 2.50 bits per heavy atom. The van der Waals surface area contributed by atoms with E-state index in [1.807, 2.05) is 0 Å². The Kier molecular flexibility index (Phi) is 3.72. The summed E-state index contributed by atoms with van der Waals surface area (Å²) in [6, 6.07) is 1.67. The number of thiophene rings is 1. The van der Waals surface area contributed by atoms with Crippen LogP contribution >= 0.6 is 11.3 Å². The zero-order valence-electron chi connectivity index (χ0n) is 9.54. The van der Waals surface area contributed by atoms with Gasteiger partial charge in [-0.1, -0.05) is 11.8 Å². The largest absolute Gasteiger partial charge is 0.384 e. The van der Waals surface area contributed by atoms with Crippen LogP contribution in [-0.2, 0) is 7.05 Å². The molecule has 0 fully saturated rings. The SMILES string of the molecule is Cn1ncnc1NC(=O)c1csc(C#CCO)c1. The van der Waals surface area contributed by atoms with E-state index in [0.29, 0.717) is 11.5 Å². The Morgan fingerprint density at radius 1 is 1.67 bits per heavy atom. The minimum atomic E-state index is -0.264. The van der Waals surface area contributed by atoms with E-state index < -0.39 is 0 Å². The first-order valence-electron chi connectivity index (χ1n) is 5.04. The first-order chi connectivity index (χ1) is 8.70. The lowest BCUT2D eigenvalue weighted by atomic mass is 10.3. The number of carbonyl (C=O) groups excluding carboxylic acids is 1. The van der Waals surface area contributed by atoms with Crippen LogP contribution in [0.3, 0.4) is 0 Å². The van der Waals surface area contributed by atoms with Gasteiger partial charge in [-0.2, -0.15) is 10.1 Å². The highest BCUT2D eigenvalue weighted by atomic mass is 32.1. The van der Waals surface area contributed by atoms with Crippen molar-refractivity contribution in [2.24, 2.45) is 7.05 Å². The molecule has 1 amide bonds. The monoisotopic (exact) mass is 262 g/mol. The van der Waals surface area contributed by atoms with E-state index in [2.05, 4.69) is 27.2 Å². The maximum atomic E-state index is 11.9. The number of aryl methyl sites for hydroxylation is 1. The molecule has 2 N–H and O–H groups in total. The fraction of sp³-hybridized carbons (Fsp3) is 0.182. The Bertz CT molecular complexity index is 620. The number of amides is 1. The molecule has 0 bridgehead atoms. The number of nitrogens with zero attached hydrogens (tertiary/aromatic N) is 3. The van der Waals surface area contributed by atoms with Crippen molar-refractivity contribution < 1.29 is 9.90 Å². The molecule has 2 heterocycles. The quantitative estimate of drug-likeness (QED) is 0.771. The minimum Gasteiger partial charge on any atom is -0.384 e. The van der Waals surface area contributed by atoms with Crippen LogP contribution in [0, 0.1) is 11.8 Å². The van der Waals surface area contributed by atoms with Gasteiger partial charge >= 0.3 is 0 Å². The van der Waals surface area contributed by atoms with E-state index in [0.717, 1.165) is 4.88 Å². The molecule has 0 aliphatic rings. The average molecular weight is 262 g/mol. The summed E-state index contributed by atoms with van der Waals surface area (Å²) < 4.78 is 1.47. The number of carbonyl (C=O) groups is 1. The number of aliphatic hydroxyl groups excluding tert-OH is 1. The summed E-state index contributed by atoms with van der Waals surface area (Å²) in [4.78, 5) is 16.5. The summed E-state index contributed by atoms with van der Waals surface area (Å²) in [7, 11) is 1.69. The van der Waals surface area contributed by atoms with Gasteiger partial charge in [0.2, 0.25) is 5.95 Å². The fourth-order valence-corrected chi connectivity index (χ4v) is 1.99. The van der Waals surface area contributed by atoms with Crippen molar-refractivity contribution >= 4 is 23.2 Å². The lowest BCUT2D eigenvalue weighted by molar-refractivity contribution is 0.102. The molecule has 6 nitrogen and oxygen atoms in total. The van der Waals surface area contributed by atoms with Crippen LogP contribution < -0.4 is 5.32 Å². The van der Waals surface area contributed by atoms with Crippen molar-refractivity contribution in [3.63, 3.8) is 0 Å². The molecule has 0 aromatic carbocycles. The molecule has 0 aliphatic heterocycles. The number of hydrogen-bond acceptors (Lipinski definition) is 5. The van der Waals surface area contributed by atoms with E-state index in [4.69, 9.17) is 5.11 Å². The number of hydrogen-bond donors (Lipinski definition) is 2. The second-order valence-corrected chi connectivity index (χ2v) is 4.23. The molecule has 0 saturated carbocycles. The summed E-state index contributed by atoms with van der Waals surface area (Å²) >= 11 is 1.35. The third kappa shape index (κ3) is 2.74. The maximum absolute atomic E-state index is 11.9. The van der Waals surface area contributed by atoms with E-state index in [9.17, 15) is 4.79 Å². The van der Waals surface area contributed by atoms with Crippen molar-refractivity contribution in [2.75, 3.05) is 11.9 Å². The summed E-state index contributed by atoms with van der Waals surface area (Å²) in [5, 5.41) is 16.8. The second kappa shape index (κ2) is 5.44. The topological polar surface area (TPSA) is 80.0 Å². The molecular formula is C11H10N4O2S. The predicted octanol–water partition coefficient (Wildman–Crippen LogP) is 0.473. The van der Waals surface area contributed by atoms with Crippen LogP contribution in [0.4, 0.5) is 5.95 Å². The van der Waals surface area contributed by atoms with E-state index in [1.165, 1.54) is 22.3 Å². The van der Waals surface area contributed by atoms with Crippen LogP contribution in [0.25, 0.3) is 0 Å². The molecule has 0 radical (unpaired) electrons. The summed E-state index contributed by atoms with van der Waals surface area (Å²) in [5.41, 5.74) is 0.505. The molecular weight excluding hydrogens is 252 g/mol. The number of aliphatic hydroxyl groups is 1. The standard InChI is InChI=1S/C11H10N4O2S/c1-15-11(12-7-13-15)14-10(17)8-5-9(18-6-8)3-2-4-16/h5-7,16H,4H2,1H3,(H,12,13,14,17).